The van der Waals surface area contributed by atoms with Crippen LogP contribution in [0.1, 0.15) is 21.5 Å². The van der Waals surface area contributed by atoms with Crippen molar-refractivity contribution < 1.29 is 28.2 Å². The summed E-state index contributed by atoms with van der Waals surface area (Å²) in [6.45, 7) is 0. The molecule has 2 aromatic rings. The maximum Gasteiger partial charge on any atom is 0.416 e. The van der Waals surface area contributed by atoms with E-state index in [4.69, 9.17) is 0 Å². The van der Waals surface area contributed by atoms with Crippen molar-refractivity contribution in [1.82, 2.24) is 0 Å². The average Bonchev–Trinajstić information content (AvgIpc) is 2.54. The van der Waals surface area contributed by atoms with Gasteiger partial charge in [-0.3, -0.25) is 4.79 Å². The van der Waals surface area contributed by atoms with E-state index in [9.17, 15) is 28.2 Å². The number of hydrogen-bond acceptors (Lipinski definition) is 3. The van der Waals surface area contributed by atoms with Gasteiger partial charge >= 0.3 is 6.18 Å². The number of benzene rings is 2. The van der Waals surface area contributed by atoms with Crippen LogP contribution in [0.15, 0.2) is 45.4 Å². The van der Waals surface area contributed by atoms with E-state index >= 15 is 0 Å². The molecule has 2 N–H and O–H groups in total. The molecule has 0 unspecified atom stereocenters. The summed E-state index contributed by atoms with van der Waals surface area (Å²) in [5.41, 5.74) is -0.662. The molecule has 0 bridgehead atoms. The van der Waals surface area contributed by atoms with Crippen LogP contribution >= 0.6 is 31.9 Å². The largest absolute Gasteiger partial charge is 0.504 e. The van der Waals surface area contributed by atoms with Gasteiger partial charge in [-0.2, -0.15) is 13.2 Å². The van der Waals surface area contributed by atoms with E-state index in [1.165, 1.54) is 18.2 Å². The van der Waals surface area contributed by atoms with Crippen LogP contribution in [-0.4, -0.2) is 16.0 Å². The molecule has 8 heteroatoms. The van der Waals surface area contributed by atoms with Gasteiger partial charge in [-0.1, -0.05) is 12.1 Å². The number of carbonyl (C=O) groups excluding carboxylic acids is 1. The molecular weight excluding hydrogens is 457 g/mol. The fraction of sp³-hybridized carbons (Fsp3) is 0.0625. The molecule has 0 aliphatic carbocycles. The number of phenols is 2. The first kappa shape index (κ1) is 18.5. The van der Waals surface area contributed by atoms with Gasteiger partial charge in [0.2, 0.25) is 0 Å². The minimum Gasteiger partial charge on any atom is -0.504 e. The maximum atomic E-state index is 12.7. The van der Waals surface area contributed by atoms with Gasteiger partial charge in [-0.25, -0.2) is 0 Å². The lowest BCUT2D eigenvalue weighted by atomic mass is 10.1. The third-order valence-electron chi connectivity index (χ3n) is 3.08. The van der Waals surface area contributed by atoms with Crippen molar-refractivity contribution >= 4 is 43.7 Å². The summed E-state index contributed by atoms with van der Waals surface area (Å²) >= 11 is 6.24. The van der Waals surface area contributed by atoms with Crippen molar-refractivity contribution in [3.8, 4) is 11.5 Å². The summed E-state index contributed by atoms with van der Waals surface area (Å²) in [6, 6.07) is 5.29. The van der Waals surface area contributed by atoms with E-state index in [-0.39, 0.29) is 15.8 Å². The average molecular weight is 466 g/mol. The highest BCUT2D eigenvalue weighted by Gasteiger charge is 2.30. The van der Waals surface area contributed by atoms with Crippen LogP contribution in [0.2, 0.25) is 0 Å². The maximum absolute atomic E-state index is 12.7. The quantitative estimate of drug-likeness (QED) is 0.355. The molecule has 0 aliphatic rings. The second-order valence-electron chi connectivity index (χ2n) is 4.74. The van der Waals surface area contributed by atoms with E-state index in [2.05, 4.69) is 31.9 Å². The van der Waals surface area contributed by atoms with Crippen LogP contribution < -0.4 is 0 Å². The first-order valence-corrected chi connectivity index (χ1v) is 7.99. The molecule has 2 rings (SSSR count). The van der Waals surface area contributed by atoms with Crippen LogP contribution in [0, 0.1) is 0 Å². The third-order valence-corrected chi connectivity index (χ3v) is 5.24. The summed E-state index contributed by atoms with van der Waals surface area (Å²) in [5.74, 6) is -1.41. The highest BCUT2D eigenvalue weighted by atomic mass is 79.9. The van der Waals surface area contributed by atoms with Gasteiger partial charge < -0.3 is 10.2 Å². The molecule has 0 aromatic heterocycles. The molecular formula is C16H9Br2F3O3. The molecule has 0 heterocycles. The zero-order valence-corrected chi connectivity index (χ0v) is 14.9. The third kappa shape index (κ3) is 3.99. The fourth-order valence-corrected chi connectivity index (χ4v) is 2.72. The zero-order valence-electron chi connectivity index (χ0n) is 11.7. The van der Waals surface area contributed by atoms with E-state index in [1.54, 1.807) is 0 Å². The first-order chi connectivity index (χ1) is 11.1. The molecule has 0 atom stereocenters. The molecule has 0 radical (unpaired) electrons. The first-order valence-electron chi connectivity index (χ1n) is 6.41. The number of aromatic hydroxyl groups is 2. The predicted molar refractivity (Wildman–Crippen MR) is 90.0 cm³/mol. The molecule has 0 aliphatic heterocycles. The van der Waals surface area contributed by atoms with Crippen LogP contribution in [0.25, 0.3) is 6.08 Å². The van der Waals surface area contributed by atoms with E-state index in [0.29, 0.717) is 10.0 Å². The molecule has 0 amide bonds. The number of allylic oxidation sites excluding steroid dienone is 1. The predicted octanol–water partition coefficient (Wildman–Crippen LogP) is 5.54. The van der Waals surface area contributed by atoms with Gasteiger partial charge in [0.1, 0.15) is 0 Å². The number of rotatable bonds is 3. The topological polar surface area (TPSA) is 57.5 Å². The molecule has 0 saturated carbocycles. The van der Waals surface area contributed by atoms with Crippen molar-refractivity contribution in [3.63, 3.8) is 0 Å². The number of alkyl halides is 3. The summed E-state index contributed by atoms with van der Waals surface area (Å²) < 4.78 is 38.6. The van der Waals surface area contributed by atoms with Crippen molar-refractivity contribution in [1.29, 1.82) is 0 Å². The number of halogens is 5. The summed E-state index contributed by atoms with van der Waals surface area (Å²) in [7, 11) is 0. The van der Waals surface area contributed by atoms with Crippen LogP contribution in [0.3, 0.4) is 0 Å². The normalized spacial score (nSPS) is 11.9. The van der Waals surface area contributed by atoms with Crippen molar-refractivity contribution in [3.05, 3.63) is 62.0 Å². The van der Waals surface area contributed by atoms with Crippen LogP contribution in [-0.2, 0) is 6.18 Å². The Morgan fingerprint density at radius 2 is 1.75 bits per heavy atom. The molecule has 2 aromatic carbocycles. The van der Waals surface area contributed by atoms with E-state index in [0.717, 1.165) is 24.3 Å². The minimum absolute atomic E-state index is 0.112. The Morgan fingerprint density at radius 3 is 2.38 bits per heavy atom. The molecule has 0 saturated heterocycles. The monoisotopic (exact) mass is 464 g/mol. The summed E-state index contributed by atoms with van der Waals surface area (Å²) in [4.78, 5) is 12.1. The van der Waals surface area contributed by atoms with Crippen LogP contribution in [0.5, 0.6) is 11.5 Å². The Bertz CT molecular complexity index is 830. The Kier molecular flexibility index (Phi) is 5.39. The number of carbonyl (C=O) groups is 1. The Morgan fingerprint density at radius 1 is 1.08 bits per heavy atom. The Balaban J connectivity index is 2.32. The minimum atomic E-state index is -4.53. The van der Waals surface area contributed by atoms with Gasteiger partial charge in [0, 0.05) is 10.0 Å². The van der Waals surface area contributed by atoms with Gasteiger partial charge in [0.15, 0.2) is 17.3 Å². The molecule has 126 valence electrons. The van der Waals surface area contributed by atoms with E-state index < -0.39 is 23.3 Å². The highest BCUT2D eigenvalue weighted by molar-refractivity contribution is 9.13. The van der Waals surface area contributed by atoms with E-state index in [1.807, 2.05) is 0 Å². The van der Waals surface area contributed by atoms with Gasteiger partial charge in [-0.05, 0) is 67.8 Å². The van der Waals surface area contributed by atoms with Crippen molar-refractivity contribution in [2.45, 2.75) is 6.18 Å². The second-order valence-corrected chi connectivity index (χ2v) is 6.32. The molecule has 24 heavy (non-hydrogen) atoms. The second kappa shape index (κ2) is 6.98. The standard InChI is InChI=1S/C16H9Br2F3O3/c17-13-9(7-12(23)15(24)14(13)18)4-5-11(22)8-2-1-3-10(6-8)16(19,20)21/h1-7,23-24H/b5-4+. The molecule has 0 spiro atoms. The highest BCUT2D eigenvalue weighted by Crippen LogP contribution is 2.41. The van der Waals surface area contributed by atoms with Crippen molar-refractivity contribution in [2.24, 2.45) is 0 Å². The number of ketones is 1. The lowest BCUT2D eigenvalue weighted by Crippen LogP contribution is -2.06. The van der Waals surface area contributed by atoms with Crippen molar-refractivity contribution in [2.75, 3.05) is 0 Å². The lowest BCUT2D eigenvalue weighted by molar-refractivity contribution is -0.137. The Hall–Kier alpha value is -1.80. The van der Waals surface area contributed by atoms with Crippen LogP contribution in [0.4, 0.5) is 13.2 Å². The fourth-order valence-electron chi connectivity index (χ4n) is 1.85. The molecule has 0 fully saturated rings. The number of hydrogen-bond donors (Lipinski definition) is 2. The molecule has 3 nitrogen and oxygen atoms in total. The zero-order chi connectivity index (χ0) is 18.1. The SMILES string of the molecule is O=C(/C=C/c1cc(O)c(O)c(Br)c1Br)c1cccc(C(F)(F)F)c1. The Labute approximate surface area is 151 Å². The summed E-state index contributed by atoms with van der Waals surface area (Å²) in [5, 5.41) is 19.1. The van der Waals surface area contributed by atoms with Gasteiger partial charge in [-0.15, -0.1) is 0 Å². The number of phenolic OH excluding ortho intramolecular Hbond substituents is 2. The van der Waals surface area contributed by atoms with Gasteiger partial charge in [0.25, 0.3) is 0 Å². The smallest absolute Gasteiger partial charge is 0.416 e. The van der Waals surface area contributed by atoms with Gasteiger partial charge in [0.05, 0.1) is 10.0 Å². The lowest BCUT2D eigenvalue weighted by Gasteiger charge is -2.07. The summed E-state index contributed by atoms with van der Waals surface area (Å²) in [6.07, 6.45) is -2.13.